The van der Waals surface area contributed by atoms with Crippen LogP contribution in [0.1, 0.15) is 21.5 Å². The van der Waals surface area contributed by atoms with Crippen LogP contribution in [0.3, 0.4) is 0 Å². The molecule has 2 aromatic rings. The standard InChI is InChI=1S/C22H21F3N2O3/c1-30-19-7-3-5-17(15-19)21(29)27-12-10-26(11-13-27)20(28)9-8-16-4-2-6-18(14-16)22(23,24)25/h2-9,14-15H,10-13H2,1H3. The number of hydrogen-bond acceptors (Lipinski definition) is 3. The van der Waals surface area contributed by atoms with E-state index < -0.39 is 11.7 Å². The lowest BCUT2D eigenvalue weighted by molar-refractivity contribution is -0.137. The Morgan fingerprint density at radius 1 is 0.967 bits per heavy atom. The van der Waals surface area contributed by atoms with E-state index in [1.54, 1.807) is 34.1 Å². The number of halogens is 3. The van der Waals surface area contributed by atoms with Crippen LogP contribution in [0, 0.1) is 0 Å². The van der Waals surface area contributed by atoms with Crippen molar-refractivity contribution in [3.8, 4) is 5.75 Å². The molecule has 0 bridgehead atoms. The molecule has 0 aromatic heterocycles. The van der Waals surface area contributed by atoms with E-state index in [1.165, 1.54) is 31.4 Å². The van der Waals surface area contributed by atoms with Crippen molar-refractivity contribution < 1.29 is 27.5 Å². The Balaban J connectivity index is 1.57. The molecule has 0 aliphatic carbocycles. The van der Waals surface area contributed by atoms with Crippen LogP contribution in [0.25, 0.3) is 6.08 Å². The molecular weight excluding hydrogens is 397 g/mol. The highest BCUT2D eigenvalue weighted by molar-refractivity contribution is 5.95. The van der Waals surface area contributed by atoms with Gasteiger partial charge in [-0.3, -0.25) is 9.59 Å². The third-order valence-electron chi connectivity index (χ3n) is 4.83. The summed E-state index contributed by atoms with van der Waals surface area (Å²) in [4.78, 5) is 28.2. The van der Waals surface area contributed by atoms with Crippen molar-refractivity contribution in [2.75, 3.05) is 33.3 Å². The van der Waals surface area contributed by atoms with Crippen LogP contribution in [0.5, 0.6) is 5.75 Å². The van der Waals surface area contributed by atoms with E-state index in [4.69, 9.17) is 4.74 Å². The minimum absolute atomic E-state index is 0.138. The van der Waals surface area contributed by atoms with Gasteiger partial charge in [0.1, 0.15) is 5.75 Å². The number of ether oxygens (including phenoxy) is 1. The number of piperazine rings is 1. The summed E-state index contributed by atoms with van der Waals surface area (Å²) in [5.74, 6) is 0.149. The number of rotatable bonds is 4. The highest BCUT2D eigenvalue weighted by Crippen LogP contribution is 2.29. The third-order valence-corrected chi connectivity index (χ3v) is 4.83. The number of amides is 2. The van der Waals surface area contributed by atoms with Crippen LogP contribution in [0.4, 0.5) is 13.2 Å². The summed E-state index contributed by atoms with van der Waals surface area (Å²) >= 11 is 0. The second-order valence-corrected chi connectivity index (χ2v) is 6.81. The SMILES string of the molecule is COc1cccc(C(=O)N2CCN(C(=O)C=Cc3cccc(C(F)(F)F)c3)CC2)c1. The lowest BCUT2D eigenvalue weighted by atomic mass is 10.1. The maximum absolute atomic E-state index is 12.8. The smallest absolute Gasteiger partial charge is 0.416 e. The Hall–Kier alpha value is -3.29. The zero-order chi connectivity index (χ0) is 21.7. The van der Waals surface area contributed by atoms with E-state index in [-0.39, 0.29) is 11.8 Å². The van der Waals surface area contributed by atoms with E-state index in [0.29, 0.717) is 43.1 Å². The molecular formula is C22H21F3N2O3. The van der Waals surface area contributed by atoms with Gasteiger partial charge in [0.05, 0.1) is 12.7 Å². The molecule has 1 heterocycles. The molecule has 0 saturated carbocycles. The average molecular weight is 418 g/mol. The summed E-state index contributed by atoms with van der Waals surface area (Å²) < 4.78 is 43.5. The number of methoxy groups -OCH3 is 1. The molecule has 158 valence electrons. The van der Waals surface area contributed by atoms with Crippen molar-refractivity contribution in [1.29, 1.82) is 0 Å². The van der Waals surface area contributed by atoms with Gasteiger partial charge in [-0.25, -0.2) is 0 Å². The first-order chi connectivity index (χ1) is 14.3. The van der Waals surface area contributed by atoms with Gasteiger partial charge in [-0.15, -0.1) is 0 Å². The Bertz CT molecular complexity index is 949. The molecule has 0 spiro atoms. The van der Waals surface area contributed by atoms with Gasteiger partial charge in [-0.05, 0) is 42.0 Å². The van der Waals surface area contributed by atoms with Crippen molar-refractivity contribution in [3.05, 3.63) is 71.3 Å². The zero-order valence-electron chi connectivity index (χ0n) is 16.4. The van der Waals surface area contributed by atoms with Crippen molar-refractivity contribution in [2.24, 2.45) is 0 Å². The monoisotopic (exact) mass is 418 g/mol. The molecule has 1 fully saturated rings. The number of carbonyl (C=O) groups is 2. The highest BCUT2D eigenvalue weighted by Gasteiger charge is 2.30. The highest BCUT2D eigenvalue weighted by atomic mass is 19.4. The molecule has 0 N–H and O–H groups in total. The van der Waals surface area contributed by atoms with Gasteiger partial charge in [0, 0.05) is 37.8 Å². The van der Waals surface area contributed by atoms with Crippen molar-refractivity contribution in [1.82, 2.24) is 9.80 Å². The maximum atomic E-state index is 12.8. The molecule has 30 heavy (non-hydrogen) atoms. The Morgan fingerprint density at radius 2 is 1.63 bits per heavy atom. The number of hydrogen-bond donors (Lipinski definition) is 0. The molecule has 2 amide bonds. The minimum Gasteiger partial charge on any atom is -0.497 e. The molecule has 0 unspecified atom stereocenters. The molecule has 0 radical (unpaired) electrons. The van der Waals surface area contributed by atoms with E-state index in [2.05, 4.69) is 0 Å². The second kappa shape index (κ2) is 9.02. The maximum Gasteiger partial charge on any atom is 0.416 e. The van der Waals surface area contributed by atoms with E-state index in [9.17, 15) is 22.8 Å². The minimum atomic E-state index is -4.43. The van der Waals surface area contributed by atoms with Crippen molar-refractivity contribution >= 4 is 17.9 Å². The Labute approximate surface area is 172 Å². The molecule has 5 nitrogen and oxygen atoms in total. The summed E-state index contributed by atoms with van der Waals surface area (Å²) in [6.45, 7) is 1.45. The summed E-state index contributed by atoms with van der Waals surface area (Å²) in [6, 6.07) is 11.7. The van der Waals surface area contributed by atoms with Crippen LogP contribution >= 0.6 is 0 Å². The van der Waals surface area contributed by atoms with Gasteiger partial charge < -0.3 is 14.5 Å². The zero-order valence-corrected chi connectivity index (χ0v) is 16.4. The summed E-state index contributed by atoms with van der Waals surface area (Å²) in [5, 5.41) is 0. The fraction of sp³-hybridized carbons (Fsp3) is 0.273. The molecule has 1 saturated heterocycles. The lowest BCUT2D eigenvalue weighted by Crippen LogP contribution is -2.50. The van der Waals surface area contributed by atoms with Gasteiger partial charge in [-0.2, -0.15) is 13.2 Å². The van der Waals surface area contributed by atoms with Crippen LogP contribution in [0.2, 0.25) is 0 Å². The summed E-state index contributed by atoms with van der Waals surface area (Å²) in [7, 11) is 1.53. The first-order valence-corrected chi connectivity index (χ1v) is 9.35. The summed E-state index contributed by atoms with van der Waals surface area (Å²) in [6.07, 6.45) is -1.81. The molecule has 1 aliphatic rings. The predicted molar refractivity (Wildman–Crippen MR) is 106 cm³/mol. The molecule has 8 heteroatoms. The van der Waals surface area contributed by atoms with Gasteiger partial charge in [0.15, 0.2) is 0 Å². The number of alkyl halides is 3. The fourth-order valence-corrected chi connectivity index (χ4v) is 3.16. The number of benzene rings is 2. The molecule has 2 aromatic carbocycles. The van der Waals surface area contributed by atoms with Gasteiger partial charge in [-0.1, -0.05) is 18.2 Å². The van der Waals surface area contributed by atoms with Crippen LogP contribution in [0.15, 0.2) is 54.6 Å². The van der Waals surface area contributed by atoms with Crippen LogP contribution in [-0.2, 0) is 11.0 Å². The lowest BCUT2D eigenvalue weighted by Gasteiger charge is -2.34. The van der Waals surface area contributed by atoms with E-state index in [0.717, 1.165) is 12.1 Å². The summed E-state index contributed by atoms with van der Waals surface area (Å²) in [5.41, 5.74) is 0.0466. The third kappa shape index (κ3) is 5.20. The van der Waals surface area contributed by atoms with Crippen molar-refractivity contribution in [2.45, 2.75) is 6.18 Å². The second-order valence-electron chi connectivity index (χ2n) is 6.81. The first kappa shape index (κ1) is 21.4. The van der Waals surface area contributed by atoms with E-state index in [1.807, 2.05) is 0 Å². The first-order valence-electron chi connectivity index (χ1n) is 9.35. The quantitative estimate of drug-likeness (QED) is 0.712. The molecule has 0 atom stereocenters. The molecule has 1 aliphatic heterocycles. The van der Waals surface area contributed by atoms with Crippen molar-refractivity contribution in [3.63, 3.8) is 0 Å². The van der Waals surface area contributed by atoms with Gasteiger partial charge in [0.2, 0.25) is 5.91 Å². The normalized spacial score (nSPS) is 14.8. The number of carbonyl (C=O) groups excluding carboxylic acids is 2. The fourth-order valence-electron chi connectivity index (χ4n) is 3.16. The Kier molecular flexibility index (Phi) is 6.44. The van der Waals surface area contributed by atoms with Crippen LogP contribution < -0.4 is 4.74 Å². The van der Waals surface area contributed by atoms with Gasteiger partial charge >= 0.3 is 6.18 Å². The predicted octanol–water partition coefficient (Wildman–Crippen LogP) is 3.71. The van der Waals surface area contributed by atoms with Gasteiger partial charge in [0.25, 0.3) is 5.91 Å². The molecule has 3 rings (SSSR count). The average Bonchev–Trinajstić information content (AvgIpc) is 2.76. The Morgan fingerprint density at radius 3 is 2.30 bits per heavy atom. The van der Waals surface area contributed by atoms with E-state index >= 15 is 0 Å². The largest absolute Gasteiger partial charge is 0.497 e. The van der Waals surface area contributed by atoms with Crippen LogP contribution in [-0.4, -0.2) is 54.9 Å². The number of nitrogens with zero attached hydrogens (tertiary/aromatic N) is 2. The topological polar surface area (TPSA) is 49.9 Å².